The summed E-state index contributed by atoms with van der Waals surface area (Å²) in [5, 5.41) is 8.78. The van der Waals surface area contributed by atoms with Crippen LogP contribution < -0.4 is 5.73 Å². The molecule has 0 saturated carbocycles. The van der Waals surface area contributed by atoms with E-state index in [0.717, 1.165) is 12.8 Å². The molecular weight excluding hydrogens is 102 g/mol. The van der Waals surface area contributed by atoms with Crippen LogP contribution in [0.4, 0.5) is 0 Å². The molecule has 0 aromatic heterocycles. The number of hydrogen-bond donors (Lipinski definition) is 2. The second-order valence-electron chi connectivity index (χ2n) is 2.16. The van der Waals surface area contributed by atoms with E-state index >= 15 is 0 Å². The van der Waals surface area contributed by atoms with Crippen LogP contribution in [0, 0.1) is 5.92 Å². The van der Waals surface area contributed by atoms with Gasteiger partial charge < -0.3 is 10.8 Å². The van der Waals surface area contributed by atoms with Crippen molar-refractivity contribution in [1.29, 1.82) is 0 Å². The predicted octanol–water partition coefficient (Wildman–Crippen LogP) is 0.230. The lowest BCUT2D eigenvalue weighted by atomic mass is 10.1. The van der Waals surface area contributed by atoms with Gasteiger partial charge >= 0.3 is 0 Å². The fourth-order valence-corrected chi connectivity index (χ4v) is 0.941. The first kappa shape index (κ1) is 5.79. The van der Waals surface area contributed by atoms with Gasteiger partial charge in [-0.15, -0.1) is 0 Å². The average Bonchev–Trinajstić information content (AvgIpc) is 2.12. The van der Waals surface area contributed by atoms with E-state index in [-0.39, 0.29) is 5.92 Å². The third-order valence-corrected chi connectivity index (χ3v) is 1.49. The Morgan fingerprint density at radius 3 is 2.75 bits per heavy atom. The van der Waals surface area contributed by atoms with Crippen LogP contribution in [-0.4, -0.2) is 11.3 Å². The molecule has 0 amide bonds. The standard InChI is InChI=1S/C6H11NO/c7-6(8)5-3-1-2-4-5/h1,3,5-6,8H,2,4,7H2/t5-,6?/m0/s1. The number of hydrogen-bond acceptors (Lipinski definition) is 2. The molecule has 0 spiro atoms. The van der Waals surface area contributed by atoms with Crippen molar-refractivity contribution in [3.05, 3.63) is 12.2 Å². The van der Waals surface area contributed by atoms with Crippen LogP contribution in [0.2, 0.25) is 0 Å². The van der Waals surface area contributed by atoms with Crippen LogP contribution in [0.15, 0.2) is 12.2 Å². The summed E-state index contributed by atoms with van der Waals surface area (Å²) in [5.74, 6) is 0.218. The van der Waals surface area contributed by atoms with Gasteiger partial charge in [0.1, 0.15) is 6.23 Å². The van der Waals surface area contributed by atoms with Gasteiger partial charge in [-0.1, -0.05) is 12.2 Å². The van der Waals surface area contributed by atoms with Crippen molar-refractivity contribution in [2.45, 2.75) is 19.1 Å². The lowest BCUT2D eigenvalue weighted by Gasteiger charge is -2.08. The molecule has 0 saturated heterocycles. The number of rotatable bonds is 1. The van der Waals surface area contributed by atoms with E-state index in [1.54, 1.807) is 0 Å². The van der Waals surface area contributed by atoms with Gasteiger partial charge in [-0.05, 0) is 12.8 Å². The minimum Gasteiger partial charge on any atom is -0.378 e. The first-order valence-corrected chi connectivity index (χ1v) is 2.91. The highest BCUT2D eigenvalue weighted by Crippen LogP contribution is 2.17. The molecule has 2 nitrogen and oxygen atoms in total. The highest BCUT2D eigenvalue weighted by atomic mass is 16.3. The Bertz CT molecular complexity index is 98.7. The molecule has 46 valence electrons. The molecule has 1 unspecified atom stereocenters. The summed E-state index contributed by atoms with van der Waals surface area (Å²) >= 11 is 0. The van der Waals surface area contributed by atoms with Gasteiger partial charge in [0.15, 0.2) is 0 Å². The van der Waals surface area contributed by atoms with Crippen molar-refractivity contribution in [2.75, 3.05) is 0 Å². The minimum atomic E-state index is -0.645. The fourth-order valence-electron chi connectivity index (χ4n) is 0.941. The van der Waals surface area contributed by atoms with Crippen molar-refractivity contribution in [3.8, 4) is 0 Å². The molecule has 2 atom stereocenters. The van der Waals surface area contributed by atoms with Crippen LogP contribution in [-0.2, 0) is 0 Å². The molecule has 1 aliphatic rings. The van der Waals surface area contributed by atoms with Crippen LogP contribution >= 0.6 is 0 Å². The maximum atomic E-state index is 8.78. The van der Waals surface area contributed by atoms with Gasteiger partial charge in [0.05, 0.1) is 0 Å². The van der Waals surface area contributed by atoms with Gasteiger partial charge in [-0.2, -0.15) is 0 Å². The van der Waals surface area contributed by atoms with Crippen LogP contribution in [0.5, 0.6) is 0 Å². The van der Waals surface area contributed by atoms with Crippen molar-refractivity contribution >= 4 is 0 Å². The lowest BCUT2D eigenvalue weighted by molar-refractivity contribution is 0.136. The molecule has 0 fully saturated rings. The van der Waals surface area contributed by atoms with E-state index in [9.17, 15) is 0 Å². The smallest absolute Gasteiger partial charge is 0.108 e. The molecule has 1 aliphatic carbocycles. The summed E-state index contributed by atoms with van der Waals surface area (Å²) in [6.45, 7) is 0. The summed E-state index contributed by atoms with van der Waals surface area (Å²) in [4.78, 5) is 0. The van der Waals surface area contributed by atoms with Crippen LogP contribution in [0.1, 0.15) is 12.8 Å². The highest BCUT2D eigenvalue weighted by molar-refractivity contribution is 4.97. The summed E-state index contributed by atoms with van der Waals surface area (Å²) in [6, 6.07) is 0. The monoisotopic (exact) mass is 113 g/mol. The van der Waals surface area contributed by atoms with Gasteiger partial charge in [0.25, 0.3) is 0 Å². The molecule has 0 bridgehead atoms. The summed E-state index contributed by atoms with van der Waals surface area (Å²) in [6.07, 6.45) is 5.47. The number of aliphatic hydroxyl groups is 1. The van der Waals surface area contributed by atoms with Gasteiger partial charge in [0.2, 0.25) is 0 Å². The van der Waals surface area contributed by atoms with Crippen molar-refractivity contribution in [1.82, 2.24) is 0 Å². The number of aliphatic hydroxyl groups excluding tert-OH is 1. The topological polar surface area (TPSA) is 46.2 Å². The maximum absolute atomic E-state index is 8.78. The zero-order valence-corrected chi connectivity index (χ0v) is 4.75. The van der Waals surface area contributed by atoms with E-state index in [4.69, 9.17) is 10.8 Å². The molecule has 1 rings (SSSR count). The Labute approximate surface area is 49.0 Å². The van der Waals surface area contributed by atoms with E-state index in [0.29, 0.717) is 0 Å². The molecule has 3 N–H and O–H groups in total. The predicted molar refractivity (Wildman–Crippen MR) is 32.1 cm³/mol. The van der Waals surface area contributed by atoms with Gasteiger partial charge in [-0.3, -0.25) is 0 Å². The molecule has 0 aromatic carbocycles. The van der Waals surface area contributed by atoms with E-state index in [2.05, 4.69) is 6.08 Å². The van der Waals surface area contributed by atoms with Crippen LogP contribution in [0.3, 0.4) is 0 Å². The van der Waals surface area contributed by atoms with Crippen LogP contribution in [0.25, 0.3) is 0 Å². The average molecular weight is 113 g/mol. The Morgan fingerprint density at radius 1 is 1.75 bits per heavy atom. The van der Waals surface area contributed by atoms with E-state index < -0.39 is 6.23 Å². The van der Waals surface area contributed by atoms with Gasteiger partial charge in [0, 0.05) is 5.92 Å². The Hall–Kier alpha value is -0.340. The molecule has 2 heteroatoms. The van der Waals surface area contributed by atoms with E-state index in [1.807, 2.05) is 6.08 Å². The summed E-state index contributed by atoms with van der Waals surface area (Å²) < 4.78 is 0. The van der Waals surface area contributed by atoms with Crippen molar-refractivity contribution in [2.24, 2.45) is 11.7 Å². The summed E-state index contributed by atoms with van der Waals surface area (Å²) in [5.41, 5.74) is 5.20. The Morgan fingerprint density at radius 2 is 2.50 bits per heavy atom. The first-order valence-electron chi connectivity index (χ1n) is 2.91. The third-order valence-electron chi connectivity index (χ3n) is 1.49. The van der Waals surface area contributed by atoms with Gasteiger partial charge in [-0.25, -0.2) is 0 Å². The van der Waals surface area contributed by atoms with Crippen molar-refractivity contribution < 1.29 is 5.11 Å². The second kappa shape index (κ2) is 2.29. The number of nitrogens with two attached hydrogens (primary N) is 1. The zero-order chi connectivity index (χ0) is 5.98. The number of allylic oxidation sites excluding steroid dienone is 1. The SMILES string of the molecule is NC(O)[C@H]1C=CCC1. The molecule has 0 heterocycles. The Balaban J connectivity index is 2.36. The second-order valence-corrected chi connectivity index (χ2v) is 2.16. The first-order chi connectivity index (χ1) is 3.80. The molecule has 0 radical (unpaired) electrons. The fraction of sp³-hybridized carbons (Fsp3) is 0.667. The third kappa shape index (κ3) is 1.08. The Kier molecular flexibility index (Phi) is 1.65. The zero-order valence-electron chi connectivity index (χ0n) is 4.75. The quantitative estimate of drug-likeness (QED) is 0.377. The largest absolute Gasteiger partial charge is 0.378 e. The molecule has 0 aliphatic heterocycles. The lowest BCUT2D eigenvalue weighted by Crippen LogP contribution is -2.26. The molecule has 8 heavy (non-hydrogen) atoms. The highest BCUT2D eigenvalue weighted by Gasteiger charge is 2.13. The molecule has 0 aromatic rings. The molecular formula is C6H11NO. The normalized spacial score (nSPS) is 31.0. The van der Waals surface area contributed by atoms with E-state index in [1.165, 1.54) is 0 Å². The summed E-state index contributed by atoms with van der Waals surface area (Å²) in [7, 11) is 0. The van der Waals surface area contributed by atoms with Crippen molar-refractivity contribution in [3.63, 3.8) is 0 Å². The maximum Gasteiger partial charge on any atom is 0.108 e. The minimum absolute atomic E-state index is 0.218.